The summed E-state index contributed by atoms with van der Waals surface area (Å²) in [5.74, 6) is 0.906. The summed E-state index contributed by atoms with van der Waals surface area (Å²) in [6.45, 7) is 4.03. The predicted octanol–water partition coefficient (Wildman–Crippen LogP) is 3.77. The first kappa shape index (κ1) is 14.5. The molecule has 1 atom stereocenters. The highest BCUT2D eigenvalue weighted by molar-refractivity contribution is 9.11. The number of thiophene rings is 1. The standard InChI is InChI=1S/C14H17BrN2OS/c1-8-6-17-12(9(2)14(8)18-3)5-11(16)10-4-13(15)19-7-10/h4,6-7,11H,5,16H2,1-3H3. The monoisotopic (exact) mass is 340 g/mol. The molecule has 0 radical (unpaired) electrons. The molecule has 2 aromatic rings. The molecule has 0 aliphatic heterocycles. The van der Waals surface area contributed by atoms with Crippen molar-refractivity contribution in [3.8, 4) is 5.75 Å². The number of nitrogens with two attached hydrogens (primary N) is 1. The summed E-state index contributed by atoms with van der Waals surface area (Å²) in [7, 11) is 1.69. The lowest BCUT2D eigenvalue weighted by molar-refractivity contribution is 0.406. The largest absolute Gasteiger partial charge is 0.496 e. The van der Waals surface area contributed by atoms with Crippen LogP contribution in [0.2, 0.25) is 0 Å². The van der Waals surface area contributed by atoms with Crippen LogP contribution in [0.25, 0.3) is 0 Å². The quantitative estimate of drug-likeness (QED) is 0.921. The number of aryl methyl sites for hydroxylation is 1. The van der Waals surface area contributed by atoms with E-state index in [1.807, 2.05) is 20.0 Å². The van der Waals surface area contributed by atoms with Gasteiger partial charge in [-0.1, -0.05) is 0 Å². The zero-order valence-corrected chi connectivity index (χ0v) is 13.6. The molecule has 1 unspecified atom stereocenters. The molecule has 2 heterocycles. The number of methoxy groups -OCH3 is 1. The fourth-order valence-electron chi connectivity index (χ4n) is 2.12. The van der Waals surface area contributed by atoms with Gasteiger partial charge in [0.25, 0.3) is 0 Å². The van der Waals surface area contributed by atoms with Crippen LogP contribution in [0.15, 0.2) is 21.4 Å². The Balaban J connectivity index is 2.24. The summed E-state index contributed by atoms with van der Waals surface area (Å²) in [6, 6.07) is 2.02. The normalized spacial score (nSPS) is 12.5. The lowest BCUT2D eigenvalue weighted by Crippen LogP contribution is -2.14. The second-order valence-corrected chi connectivity index (χ2v) is 6.83. The van der Waals surface area contributed by atoms with Gasteiger partial charge >= 0.3 is 0 Å². The van der Waals surface area contributed by atoms with Crippen LogP contribution < -0.4 is 10.5 Å². The molecule has 19 heavy (non-hydrogen) atoms. The van der Waals surface area contributed by atoms with Crippen LogP contribution in [-0.4, -0.2) is 12.1 Å². The summed E-state index contributed by atoms with van der Waals surface area (Å²) in [4.78, 5) is 4.49. The van der Waals surface area contributed by atoms with Gasteiger partial charge in [0.05, 0.1) is 10.9 Å². The first-order chi connectivity index (χ1) is 9.02. The van der Waals surface area contributed by atoms with Gasteiger partial charge in [-0.15, -0.1) is 11.3 Å². The fraction of sp³-hybridized carbons (Fsp3) is 0.357. The van der Waals surface area contributed by atoms with E-state index in [0.717, 1.165) is 31.9 Å². The molecule has 0 fully saturated rings. The van der Waals surface area contributed by atoms with Gasteiger partial charge in [0.2, 0.25) is 0 Å². The van der Waals surface area contributed by atoms with Gasteiger partial charge in [-0.3, -0.25) is 4.98 Å². The Morgan fingerprint density at radius 3 is 2.79 bits per heavy atom. The van der Waals surface area contributed by atoms with Crippen LogP contribution in [0.3, 0.4) is 0 Å². The molecule has 2 N–H and O–H groups in total. The first-order valence-corrected chi connectivity index (χ1v) is 7.68. The average molecular weight is 341 g/mol. The van der Waals surface area contributed by atoms with Crippen molar-refractivity contribution in [2.24, 2.45) is 5.73 Å². The molecule has 0 spiro atoms. The molecule has 3 nitrogen and oxygen atoms in total. The summed E-state index contributed by atoms with van der Waals surface area (Å²) >= 11 is 5.11. The van der Waals surface area contributed by atoms with Crippen molar-refractivity contribution in [3.05, 3.63) is 43.8 Å². The van der Waals surface area contributed by atoms with E-state index in [9.17, 15) is 0 Å². The smallest absolute Gasteiger partial charge is 0.128 e. The number of halogens is 1. The highest BCUT2D eigenvalue weighted by Gasteiger charge is 2.14. The van der Waals surface area contributed by atoms with Crippen molar-refractivity contribution < 1.29 is 4.74 Å². The molecular formula is C14H17BrN2OS. The number of hydrogen-bond acceptors (Lipinski definition) is 4. The summed E-state index contributed by atoms with van der Waals surface area (Å²) < 4.78 is 6.52. The van der Waals surface area contributed by atoms with Crippen LogP contribution in [0.5, 0.6) is 5.75 Å². The molecule has 5 heteroatoms. The Morgan fingerprint density at radius 1 is 1.47 bits per heavy atom. The van der Waals surface area contributed by atoms with E-state index in [0.29, 0.717) is 6.42 Å². The molecule has 0 saturated carbocycles. The third-order valence-electron chi connectivity index (χ3n) is 3.18. The van der Waals surface area contributed by atoms with E-state index in [1.165, 1.54) is 0 Å². The van der Waals surface area contributed by atoms with Crippen LogP contribution in [-0.2, 0) is 6.42 Å². The van der Waals surface area contributed by atoms with E-state index < -0.39 is 0 Å². The Kier molecular flexibility index (Phi) is 4.60. The number of pyridine rings is 1. The van der Waals surface area contributed by atoms with Crippen molar-refractivity contribution in [3.63, 3.8) is 0 Å². The third kappa shape index (κ3) is 3.16. The molecule has 0 aliphatic rings. The SMILES string of the molecule is COc1c(C)cnc(CC(N)c2csc(Br)c2)c1C. The summed E-state index contributed by atoms with van der Waals surface area (Å²) in [6.07, 6.45) is 2.56. The lowest BCUT2D eigenvalue weighted by atomic mass is 10.0. The van der Waals surface area contributed by atoms with Crippen LogP contribution >= 0.6 is 27.3 Å². The zero-order chi connectivity index (χ0) is 14.0. The highest BCUT2D eigenvalue weighted by atomic mass is 79.9. The Hall–Kier alpha value is -0.910. The molecule has 0 amide bonds. The van der Waals surface area contributed by atoms with Gasteiger partial charge in [-0.2, -0.15) is 0 Å². The van der Waals surface area contributed by atoms with Gasteiger partial charge in [-0.05, 0) is 46.8 Å². The topological polar surface area (TPSA) is 48.1 Å². The van der Waals surface area contributed by atoms with Gasteiger partial charge in [0.15, 0.2) is 0 Å². The Labute approximate surface area is 125 Å². The third-order valence-corrected chi connectivity index (χ3v) is 4.70. The van der Waals surface area contributed by atoms with Crippen LogP contribution in [0.1, 0.15) is 28.4 Å². The number of ether oxygens (including phenoxy) is 1. The molecule has 0 aromatic carbocycles. The maximum atomic E-state index is 6.24. The fourth-order valence-corrected chi connectivity index (χ4v) is 3.36. The highest BCUT2D eigenvalue weighted by Crippen LogP contribution is 2.29. The van der Waals surface area contributed by atoms with Gasteiger partial charge in [-0.25, -0.2) is 0 Å². The number of aromatic nitrogens is 1. The van der Waals surface area contributed by atoms with E-state index >= 15 is 0 Å². The van der Waals surface area contributed by atoms with Gasteiger partial charge < -0.3 is 10.5 Å². The van der Waals surface area contributed by atoms with E-state index in [1.54, 1.807) is 18.4 Å². The van der Waals surface area contributed by atoms with Crippen LogP contribution in [0.4, 0.5) is 0 Å². The molecule has 2 rings (SSSR count). The molecular weight excluding hydrogens is 324 g/mol. The minimum Gasteiger partial charge on any atom is -0.496 e. The lowest BCUT2D eigenvalue weighted by Gasteiger charge is -2.15. The number of hydrogen-bond donors (Lipinski definition) is 1. The summed E-state index contributed by atoms with van der Waals surface area (Å²) in [5.41, 5.74) is 10.5. The predicted molar refractivity (Wildman–Crippen MR) is 82.9 cm³/mol. The van der Waals surface area contributed by atoms with Crippen LogP contribution in [0, 0.1) is 13.8 Å². The van der Waals surface area contributed by atoms with Crippen molar-refractivity contribution >= 4 is 27.3 Å². The van der Waals surface area contributed by atoms with Crippen molar-refractivity contribution in [1.82, 2.24) is 4.98 Å². The van der Waals surface area contributed by atoms with Crippen molar-refractivity contribution in [2.45, 2.75) is 26.3 Å². The first-order valence-electron chi connectivity index (χ1n) is 6.01. The van der Waals surface area contributed by atoms with Crippen molar-refractivity contribution in [2.75, 3.05) is 7.11 Å². The molecule has 0 bridgehead atoms. The molecule has 2 aromatic heterocycles. The van der Waals surface area contributed by atoms with E-state index in [4.69, 9.17) is 10.5 Å². The van der Waals surface area contributed by atoms with Gasteiger partial charge in [0, 0.05) is 35.5 Å². The Morgan fingerprint density at radius 2 is 2.21 bits per heavy atom. The minimum absolute atomic E-state index is 0.0406. The zero-order valence-electron chi connectivity index (χ0n) is 11.2. The molecule has 0 saturated heterocycles. The minimum atomic E-state index is -0.0406. The number of rotatable bonds is 4. The van der Waals surface area contributed by atoms with Gasteiger partial charge in [0.1, 0.15) is 5.75 Å². The Bertz CT molecular complexity index is 583. The molecule has 102 valence electrons. The maximum Gasteiger partial charge on any atom is 0.128 e. The second-order valence-electron chi connectivity index (χ2n) is 4.54. The molecule has 0 aliphatic carbocycles. The van der Waals surface area contributed by atoms with E-state index in [-0.39, 0.29) is 6.04 Å². The number of nitrogens with zero attached hydrogens (tertiary/aromatic N) is 1. The second kappa shape index (κ2) is 6.03. The average Bonchev–Trinajstić information content (AvgIpc) is 2.80. The maximum absolute atomic E-state index is 6.24. The van der Waals surface area contributed by atoms with E-state index in [2.05, 4.69) is 32.4 Å². The van der Waals surface area contributed by atoms with Crippen molar-refractivity contribution in [1.29, 1.82) is 0 Å². The summed E-state index contributed by atoms with van der Waals surface area (Å²) in [5, 5.41) is 2.08.